The third-order valence-electron chi connectivity index (χ3n) is 6.15. The Morgan fingerprint density at radius 3 is 2.53 bits per heavy atom. The van der Waals surface area contributed by atoms with Crippen molar-refractivity contribution < 1.29 is 19.5 Å². The smallest absolute Gasteiger partial charge is 0.256 e. The Morgan fingerprint density at radius 2 is 1.90 bits per heavy atom. The van der Waals surface area contributed by atoms with Gasteiger partial charge in [0.1, 0.15) is 17.5 Å². The maximum absolute atomic E-state index is 13.2. The van der Waals surface area contributed by atoms with E-state index in [1.165, 1.54) is 0 Å². The molecule has 3 rings (SSSR count). The summed E-state index contributed by atoms with van der Waals surface area (Å²) in [6.07, 6.45) is 0.818. The molecule has 2 heterocycles. The minimum atomic E-state index is -0.782. The lowest BCUT2D eigenvalue weighted by molar-refractivity contribution is -0.132. The Hall–Kier alpha value is -2.06. The SMILES string of the molecule is CCC(C)C(CO)NC(=O)C(C)NC(=O)C1N2C(=O)c3ccccc3C2SC1(C)C. The number of nitrogens with one attached hydrogen (secondary N) is 2. The molecular formula is C22H31N3O4S. The first-order valence-corrected chi connectivity index (χ1v) is 11.3. The molecule has 3 amide bonds. The van der Waals surface area contributed by atoms with Crippen molar-refractivity contribution in [3.8, 4) is 0 Å². The molecule has 0 radical (unpaired) electrons. The lowest BCUT2D eigenvalue weighted by Gasteiger charge is -2.31. The summed E-state index contributed by atoms with van der Waals surface area (Å²) in [4.78, 5) is 40.5. The van der Waals surface area contributed by atoms with Crippen LogP contribution in [0.3, 0.4) is 0 Å². The van der Waals surface area contributed by atoms with Crippen molar-refractivity contribution >= 4 is 29.5 Å². The van der Waals surface area contributed by atoms with E-state index in [-0.39, 0.29) is 41.7 Å². The summed E-state index contributed by atoms with van der Waals surface area (Å²) in [5.41, 5.74) is 1.56. The van der Waals surface area contributed by atoms with Crippen molar-refractivity contribution in [2.24, 2.45) is 5.92 Å². The van der Waals surface area contributed by atoms with E-state index < -0.39 is 16.8 Å². The van der Waals surface area contributed by atoms with Gasteiger partial charge in [0.05, 0.1) is 12.6 Å². The second kappa shape index (κ2) is 8.59. The van der Waals surface area contributed by atoms with Crippen LogP contribution in [-0.4, -0.2) is 57.2 Å². The molecule has 1 aromatic carbocycles. The van der Waals surface area contributed by atoms with E-state index in [0.29, 0.717) is 5.56 Å². The maximum Gasteiger partial charge on any atom is 0.256 e. The number of hydrogen-bond acceptors (Lipinski definition) is 5. The minimum Gasteiger partial charge on any atom is -0.394 e. The van der Waals surface area contributed by atoms with Crippen molar-refractivity contribution in [2.75, 3.05) is 6.61 Å². The highest BCUT2D eigenvalue weighted by atomic mass is 32.2. The van der Waals surface area contributed by atoms with E-state index in [9.17, 15) is 19.5 Å². The summed E-state index contributed by atoms with van der Waals surface area (Å²) < 4.78 is -0.501. The van der Waals surface area contributed by atoms with E-state index in [1.807, 2.05) is 45.9 Å². The Kier molecular flexibility index (Phi) is 6.48. The molecule has 7 nitrogen and oxygen atoms in total. The van der Waals surface area contributed by atoms with Gasteiger partial charge in [0.15, 0.2) is 0 Å². The summed E-state index contributed by atoms with van der Waals surface area (Å²) in [7, 11) is 0. The van der Waals surface area contributed by atoms with E-state index in [2.05, 4.69) is 10.6 Å². The van der Waals surface area contributed by atoms with Crippen molar-refractivity contribution in [1.29, 1.82) is 0 Å². The number of hydrogen-bond donors (Lipinski definition) is 3. The van der Waals surface area contributed by atoms with E-state index >= 15 is 0 Å². The van der Waals surface area contributed by atoms with Gasteiger partial charge < -0.3 is 20.6 Å². The predicted octanol–water partition coefficient (Wildman–Crippen LogP) is 2.06. The zero-order chi connectivity index (χ0) is 22.2. The molecule has 0 saturated carbocycles. The van der Waals surface area contributed by atoms with Gasteiger partial charge in [0.2, 0.25) is 11.8 Å². The Labute approximate surface area is 182 Å². The summed E-state index contributed by atoms with van der Waals surface area (Å²) in [5.74, 6) is -0.724. The molecule has 5 atom stereocenters. The molecule has 30 heavy (non-hydrogen) atoms. The highest BCUT2D eigenvalue weighted by molar-refractivity contribution is 8.01. The molecule has 0 aliphatic carbocycles. The lowest BCUT2D eigenvalue weighted by atomic mass is 9.99. The zero-order valence-corrected chi connectivity index (χ0v) is 19.0. The normalized spacial score (nSPS) is 24.6. The fourth-order valence-electron chi connectivity index (χ4n) is 4.12. The Morgan fingerprint density at radius 1 is 1.23 bits per heavy atom. The molecule has 2 aliphatic rings. The molecule has 5 unspecified atom stereocenters. The summed E-state index contributed by atoms with van der Waals surface area (Å²) in [6.45, 7) is 9.31. The third kappa shape index (κ3) is 3.95. The van der Waals surface area contributed by atoms with E-state index in [0.717, 1.165) is 12.0 Å². The molecule has 3 N–H and O–H groups in total. The molecule has 2 aliphatic heterocycles. The number of rotatable bonds is 7. The predicted molar refractivity (Wildman–Crippen MR) is 117 cm³/mol. The van der Waals surface area contributed by atoms with Gasteiger partial charge in [0.25, 0.3) is 5.91 Å². The second-order valence-electron chi connectivity index (χ2n) is 8.69. The van der Waals surface area contributed by atoms with Gasteiger partial charge in [-0.15, -0.1) is 11.8 Å². The molecule has 1 saturated heterocycles. The zero-order valence-electron chi connectivity index (χ0n) is 18.1. The van der Waals surface area contributed by atoms with E-state index in [1.54, 1.807) is 29.7 Å². The molecular weight excluding hydrogens is 402 g/mol. The number of amides is 3. The van der Waals surface area contributed by atoms with Crippen LogP contribution < -0.4 is 10.6 Å². The molecule has 1 fully saturated rings. The van der Waals surface area contributed by atoms with Crippen molar-refractivity contribution in [3.63, 3.8) is 0 Å². The summed E-state index contributed by atoms with van der Waals surface area (Å²) in [5, 5.41) is 14.9. The van der Waals surface area contributed by atoms with Crippen LogP contribution in [0.2, 0.25) is 0 Å². The molecule has 164 valence electrons. The quantitative estimate of drug-likeness (QED) is 0.611. The van der Waals surface area contributed by atoms with Gasteiger partial charge in [-0.25, -0.2) is 0 Å². The number of carbonyl (C=O) groups is 3. The number of nitrogens with zero attached hydrogens (tertiary/aromatic N) is 1. The molecule has 0 aromatic heterocycles. The highest BCUT2D eigenvalue weighted by Crippen LogP contribution is 2.56. The van der Waals surface area contributed by atoms with Crippen LogP contribution in [0.4, 0.5) is 0 Å². The van der Waals surface area contributed by atoms with Gasteiger partial charge in [-0.2, -0.15) is 0 Å². The van der Waals surface area contributed by atoms with Crippen LogP contribution in [0.25, 0.3) is 0 Å². The minimum absolute atomic E-state index is 0.119. The van der Waals surface area contributed by atoms with Gasteiger partial charge in [-0.3, -0.25) is 14.4 Å². The standard InChI is InChI=1S/C22H31N3O4S/c1-6-12(2)16(11-26)24-18(27)13(3)23-19(28)17-22(4,5)30-21-15-10-8-7-9-14(15)20(29)25(17)21/h7-10,12-13,16-17,21,26H,6,11H2,1-5H3,(H,23,28)(H,24,27). The number of thioether (sulfide) groups is 1. The molecule has 0 bridgehead atoms. The van der Waals surface area contributed by atoms with Gasteiger partial charge in [-0.1, -0.05) is 38.5 Å². The van der Waals surface area contributed by atoms with Crippen LogP contribution in [0, 0.1) is 5.92 Å². The van der Waals surface area contributed by atoms with Crippen LogP contribution in [0.1, 0.15) is 62.3 Å². The van der Waals surface area contributed by atoms with Gasteiger partial charge in [-0.05, 0) is 38.3 Å². The van der Waals surface area contributed by atoms with Gasteiger partial charge >= 0.3 is 0 Å². The second-order valence-corrected chi connectivity index (χ2v) is 10.4. The van der Waals surface area contributed by atoms with Crippen LogP contribution in [-0.2, 0) is 9.59 Å². The monoisotopic (exact) mass is 433 g/mol. The Bertz CT molecular complexity index is 843. The largest absolute Gasteiger partial charge is 0.394 e. The van der Waals surface area contributed by atoms with Crippen LogP contribution >= 0.6 is 11.8 Å². The highest BCUT2D eigenvalue weighted by Gasteiger charge is 2.57. The van der Waals surface area contributed by atoms with Gasteiger partial charge in [0, 0.05) is 10.3 Å². The number of carbonyl (C=O) groups excluding carboxylic acids is 3. The summed E-state index contributed by atoms with van der Waals surface area (Å²) in [6, 6.07) is 5.61. The first-order chi connectivity index (χ1) is 14.1. The molecule has 8 heteroatoms. The van der Waals surface area contributed by atoms with Crippen molar-refractivity contribution in [3.05, 3.63) is 35.4 Å². The number of benzene rings is 1. The maximum atomic E-state index is 13.2. The van der Waals surface area contributed by atoms with Crippen molar-refractivity contribution in [2.45, 2.75) is 69.3 Å². The topological polar surface area (TPSA) is 98.7 Å². The van der Waals surface area contributed by atoms with Crippen LogP contribution in [0.15, 0.2) is 24.3 Å². The lowest BCUT2D eigenvalue weighted by Crippen LogP contribution is -2.57. The number of aliphatic hydroxyl groups is 1. The van der Waals surface area contributed by atoms with Crippen molar-refractivity contribution in [1.82, 2.24) is 15.5 Å². The molecule has 0 spiro atoms. The first kappa shape index (κ1) is 22.6. The number of aliphatic hydroxyl groups excluding tert-OH is 1. The fraction of sp³-hybridized carbons (Fsp3) is 0.591. The average molecular weight is 434 g/mol. The Balaban J connectivity index is 1.73. The number of fused-ring (bicyclic) bond motifs is 3. The van der Waals surface area contributed by atoms with E-state index in [4.69, 9.17) is 0 Å². The average Bonchev–Trinajstić information content (AvgIpc) is 3.14. The first-order valence-electron chi connectivity index (χ1n) is 10.4. The summed E-state index contributed by atoms with van der Waals surface area (Å²) >= 11 is 1.59. The molecule has 1 aromatic rings. The van der Waals surface area contributed by atoms with Crippen LogP contribution in [0.5, 0.6) is 0 Å². The fourth-order valence-corrected chi connectivity index (χ4v) is 5.71. The third-order valence-corrected chi connectivity index (χ3v) is 7.69.